The zero-order chi connectivity index (χ0) is 17.0. The molecule has 1 N–H and O–H groups in total. The average molecular weight is 319 g/mol. The van der Waals surface area contributed by atoms with Gasteiger partial charge in [-0.25, -0.2) is 9.78 Å². The third-order valence-electron chi connectivity index (χ3n) is 3.74. The quantitative estimate of drug-likeness (QED) is 0.902. The lowest BCUT2D eigenvalue weighted by molar-refractivity contribution is 0.0224. The second-order valence-corrected chi connectivity index (χ2v) is 7.58. The van der Waals surface area contributed by atoms with E-state index in [0.29, 0.717) is 5.92 Å². The second kappa shape index (κ2) is 7.20. The van der Waals surface area contributed by atoms with E-state index in [9.17, 15) is 4.79 Å². The lowest BCUT2D eigenvalue weighted by Crippen LogP contribution is -2.36. The highest BCUT2D eigenvalue weighted by Crippen LogP contribution is 2.33. The van der Waals surface area contributed by atoms with Crippen molar-refractivity contribution in [3.8, 4) is 0 Å². The number of anilines is 1. The van der Waals surface area contributed by atoms with Crippen LogP contribution in [0.5, 0.6) is 0 Å². The van der Waals surface area contributed by atoms with Crippen LogP contribution in [-0.4, -0.2) is 34.7 Å². The topological polar surface area (TPSA) is 54.5 Å². The van der Waals surface area contributed by atoms with Crippen LogP contribution in [0.3, 0.4) is 0 Å². The van der Waals surface area contributed by atoms with E-state index in [1.54, 1.807) is 0 Å². The third-order valence-corrected chi connectivity index (χ3v) is 3.74. The van der Waals surface area contributed by atoms with Crippen molar-refractivity contribution in [3.05, 3.63) is 23.9 Å². The molecule has 0 aliphatic carbocycles. The first kappa shape index (κ1) is 17.6. The molecule has 1 amide bonds. The maximum absolute atomic E-state index is 12.4. The number of hydrogen-bond acceptors (Lipinski definition) is 4. The number of likely N-dealkylation sites (tertiary alicyclic amines) is 1. The fourth-order valence-corrected chi connectivity index (χ4v) is 2.67. The molecule has 23 heavy (non-hydrogen) atoms. The van der Waals surface area contributed by atoms with Crippen LogP contribution in [0.15, 0.2) is 18.3 Å². The Morgan fingerprint density at radius 1 is 1.43 bits per heavy atom. The van der Waals surface area contributed by atoms with Gasteiger partial charge in [0.1, 0.15) is 11.4 Å². The van der Waals surface area contributed by atoms with E-state index in [1.807, 2.05) is 37.9 Å². The Morgan fingerprint density at radius 3 is 2.74 bits per heavy atom. The van der Waals surface area contributed by atoms with E-state index >= 15 is 0 Å². The first-order chi connectivity index (χ1) is 10.8. The maximum Gasteiger partial charge on any atom is 0.410 e. The van der Waals surface area contributed by atoms with E-state index in [2.05, 4.69) is 30.2 Å². The molecule has 1 saturated heterocycles. The molecule has 128 valence electrons. The van der Waals surface area contributed by atoms with Crippen molar-refractivity contribution in [3.63, 3.8) is 0 Å². The molecule has 1 aliphatic rings. The molecule has 0 aromatic carbocycles. The minimum absolute atomic E-state index is 0.0662. The molecule has 0 saturated carbocycles. The number of amides is 1. The van der Waals surface area contributed by atoms with Crippen LogP contribution in [0.1, 0.15) is 59.1 Å². The SMILES string of the molecule is CC(C)CNc1ccc([C@H]2CCCN2C(=O)OC(C)(C)C)cn1. The maximum atomic E-state index is 12.4. The molecule has 0 radical (unpaired) electrons. The fraction of sp³-hybridized carbons (Fsp3) is 0.667. The summed E-state index contributed by atoms with van der Waals surface area (Å²) in [5, 5.41) is 3.31. The van der Waals surface area contributed by atoms with Crippen molar-refractivity contribution in [2.24, 2.45) is 5.92 Å². The number of carbonyl (C=O) groups excluding carboxylic acids is 1. The summed E-state index contributed by atoms with van der Waals surface area (Å²) in [7, 11) is 0. The van der Waals surface area contributed by atoms with Crippen molar-refractivity contribution >= 4 is 11.9 Å². The van der Waals surface area contributed by atoms with E-state index in [1.165, 1.54) is 0 Å². The van der Waals surface area contributed by atoms with Gasteiger partial charge in [-0.2, -0.15) is 0 Å². The van der Waals surface area contributed by atoms with Gasteiger partial charge in [-0.1, -0.05) is 19.9 Å². The third kappa shape index (κ3) is 5.12. The van der Waals surface area contributed by atoms with Gasteiger partial charge in [0.05, 0.1) is 6.04 Å². The lowest BCUT2D eigenvalue weighted by atomic mass is 10.1. The lowest BCUT2D eigenvalue weighted by Gasteiger charge is -2.28. The summed E-state index contributed by atoms with van der Waals surface area (Å²) in [6.45, 7) is 11.7. The Bertz CT molecular complexity index is 520. The van der Waals surface area contributed by atoms with Crippen molar-refractivity contribution < 1.29 is 9.53 Å². The summed E-state index contributed by atoms with van der Waals surface area (Å²) in [6.07, 6.45) is 3.59. The first-order valence-corrected chi connectivity index (χ1v) is 8.45. The van der Waals surface area contributed by atoms with Crippen molar-refractivity contribution in [2.75, 3.05) is 18.4 Å². The van der Waals surface area contributed by atoms with Crippen LogP contribution in [0.4, 0.5) is 10.6 Å². The highest BCUT2D eigenvalue weighted by molar-refractivity contribution is 5.69. The van der Waals surface area contributed by atoms with E-state index < -0.39 is 5.60 Å². The number of nitrogens with zero attached hydrogens (tertiary/aromatic N) is 2. The highest BCUT2D eigenvalue weighted by atomic mass is 16.6. The zero-order valence-corrected chi connectivity index (χ0v) is 14.9. The molecular formula is C18H29N3O2. The molecule has 2 heterocycles. The van der Waals surface area contributed by atoms with Crippen LogP contribution >= 0.6 is 0 Å². The Hall–Kier alpha value is -1.78. The Morgan fingerprint density at radius 2 is 2.17 bits per heavy atom. The summed E-state index contributed by atoms with van der Waals surface area (Å²) >= 11 is 0. The smallest absolute Gasteiger partial charge is 0.410 e. The molecule has 1 fully saturated rings. The molecule has 5 heteroatoms. The number of hydrogen-bond donors (Lipinski definition) is 1. The number of aromatic nitrogens is 1. The van der Waals surface area contributed by atoms with Gasteiger partial charge in [0.2, 0.25) is 0 Å². The largest absolute Gasteiger partial charge is 0.444 e. The molecule has 1 atom stereocenters. The molecule has 0 unspecified atom stereocenters. The predicted octanol–water partition coefficient (Wildman–Crippen LogP) is 4.22. The minimum Gasteiger partial charge on any atom is -0.444 e. The normalized spacial score (nSPS) is 18.3. The van der Waals surface area contributed by atoms with Crippen LogP contribution in [-0.2, 0) is 4.74 Å². The first-order valence-electron chi connectivity index (χ1n) is 8.45. The molecule has 1 aromatic heterocycles. The van der Waals surface area contributed by atoms with Crippen molar-refractivity contribution in [2.45, 2.75) is 59.1 Å². The Kier molecular flexibility index (Phi) is 5.50. The van der Waals surface area contributed by atoms with Gasteiger partial charge in [-0.3, -0.25) is 0 Å². The van der Waals surface area contributed by atoms with E-state index in [4.69, 9.17) is 4.74 Å². The summed E-state index contributed by atoms with van der Waals surface area (Å²) in [5.41, 5.74) is 0.607. The molecule has 1 aromatic rings. The highest BCUT2D eigenvalue weighted by Gasteiger charge is 2.33. The predicted molar refractivity (Wildman–Crippen MR) is 92.5 cm³/mol. The molecular weight excluding hydrogens is 290 g/mol. The minimum atomic E-state index is -0.465. The van der Waals surface area contributed by atoms with Gasteiger partial charge in [0.15, 0.2) is 0 Å². The van der Waals surface area contributed by atoms with Gasteiger partial charge >= 0.3 is 6.09 Å². The summed E-state index contributed by atoms with van der Waals surface area (Å²) in [5.74, 6) is 1.46. The summed E-state index contributed by atoms with van der Waals surface area (Å²) in [6, 6.07) is 4.11. The Balaban J connectivity index is 2.03. The van der Waals surface area contributed by atoms with Gasteiger partial charge in [0.25, 0.3) is 0 Å². The molecule has 0 spiro atoms. The molecule has 0 bridgehead atoms. The molecule has 1 aliphatic heterocycles. The number of nitrogens with one attached hydrogen (secondary N) is 1. The van der Waals surface area contributed by atoms with E-state index in [0.717, 1.165) is 37.3 Å². The molecule has 2 rings (SSSR count). The van der Waals surface area contributed by atoms with E-state index in [-0.39, 0.29) is 12.1 Å². The second-order valence-electron chi connectivity index (χ2n) is 7.58. The van der Waals surface area contributed by atoms with Crippen molar-refractivity contribution in [1.29, 1.82) is 0 Å². The van der Waals surface area contributed by atoms with Crippen LogP contribution < -0.4 is 5.32 Å². The average Bonchev–Trinajstić information content (AvgIpc) is 2.93. The van der Waals surface area contributed by atoms with Crippen LogP contribution in [0.25, 0.3) is 0 Å². The monoisotopic (exact) mass is 319 g/mol. The zero-order valence-electron chi connectivity index (χ0n) is 14.9. The van der Waals surface area contributed by atoms with Crippen LogP contribution in [0.2, 0.25) is 0 Å². The number of pyridine rings is 1. The standard InChI is InChI=1S/C18H29N3O2/c1-13(2)11-19-16-9-8-14(12-20-16)15-7-6-10-21(15)17(22)23-18(3,4)5/h8-9,12-13,15H,6-7,10-11H2,1-5H3,(H,19,20)/t15-/m1/s1. The van der Waals surface area contributed by atoms with Gasteiger partial charge in [0, 0.05) is 19.3 Å². The van der Waals surface area contributed by atoms with Gasteiger partial charge in [-0.05, 0) is 51.2 Å². The molecule has 5 nitrogen and oxygen atoms in total. The Labute approximate surface area is 139 Å². The number of carbonyl (C=O) groups is 1. The summed E-state index contributed by atoms with van der Waals surface area (Å²) < 4.78 is 5.52. The number of ether oxygens (including phenoxy) is 1. The van der Waals surface area contributed by atoms with Gasteiger partial charge < -0.3 is 15.0 Å². The number of rotatable bonds is 4. The van der Waals surface area contributed by atoms with Gasteiger partial charge in [-0.15, -0.1) is 0 Å². The van der Waals surface area contributed by atoms with Crippen LogP contribution in [0, 0.1) is 5.92 Å². The summed E-state index contributed by atoms with van der Waals surface area (Å²) in [4.78, 5) is 18.7. The fourth-order valence-electron chi connectivity index (χ4n) is 2.67. The van der Waals surface area contributed by atoms with Crippen molar-refractivity contribution in [1.82, 2.24) is 9.88 Å².